The van der Waals surface area contributed by atoms with Crippen LogP contribution in [0, 0.1) is 0 Å². The lowest BCUT2D eigenvalue weighted by molar-refractivity contribution is 0.669. The molecule has 11 aromatic carbocycles. The van der Waals surface area contributed by atoms with Crippen LogP contribution in [0.5, 0.6) is 0 Å². The fourth-order valence-electron chi connectivity index (χ4n) is 9.26. The molecule has 1 heterocycles. The van der Waals surface area contributed by atoms with Gasteiger partial charge in [-0.1, -0.05) is 158 Å². The van der Waals surface area contributed by atoms with Crippen molar-refractivity contribution in [1.29, 1.82) is 0 Å². The molecule has 0 aliphatic heterocycles. The minimum absolute atomic E-state index is 0.901. The first-order chi connectivity index (χ1) is 29.7. The first-order valence-corrected chi connectivity index (χ1v) is 20.6. The molecule has 0 radical (unpaired) electrons. The SMILES string of the molecule is c1cc(-c2cccc3ccccc23)cc(N(c2ccc(-c3ccc4oc5cc6ccccc6cc5c4c3)cc2)c2ccc(-c3cc4ccccc4c4ccccc34)cc2)c1. The van der Waals surface area contributed by atoms with Crippen molar-refractivity contribution in [2.24, 2.45) is 0 Å². The van der Waals surface area contributed by atoms with Crippen LogP contribution in [-0.2, 0) is 0 Å². The third-order valence-corrected chi connectivity index (χ3v) is 12.2. The van der Waals surface area contributed by atoms with E-state index in [2.05, 4.69) is 229 Å². The van der Waals surface area contributed by atoms with Gasteiger partial charge >= 0.3 is 0 Å². The molecule has 0 amide bonds. The molecule has 0 fully saturated rings. The molecule has 2 heteroatoms. The van der Waals surface area contributed by atoms with E-state index in [1.807, 2.05) is 0 Å². The topological polar surface area (TPSA) is 16.4 Å². The molecule has 12 aromatic rings. The number of fused-ring (bicyclic) bond motifs is 8. The summed E-state index contributed by atoms with van der Waals surface area (Å²) < 4.78 is 6.34. The summed E-state index contributed by atoms with van der Waals surface area (Å²) in [6.45, 7) is 0. The van der Waals surface area contributed by atoms with Gasteiger partial charge < -0.3 is 9.32 Å². The molecular weight excluding hydrogens is 727 g/mol. The van der Waals surface area contributed by atoms with Gasteiger partial charge in [-0.05, 0) is 143 Å². The lowest BCUT2D eigenvalue weighted by atomic mass is 9.93. The van der Waals surface area contributed by atoms with Crippen molar-refractivity contribution >= 4 is 82.1 Å². The van der Waals surface area contributed by atoms with Gasteiger partial charge in [0.25, 0.3) is 0 Å². The molecule has 0 N–H and O–H groups in total. The minimum Gasteiger partial charge on any atom is -0.456 e. The van der Waals surface area contributed by atoms with Crippen molar-refractivity contribution in [1.82, 2.24) is 0 Å². The summed E-state index contributed by atoms with van der Waals surface area (Å²) in [7, 11) is 0. The molecule has 0 aliphatic carbocycles. The Balaban J connectivity index is 0.968. The van der Waals surface area contributed by atoms with Gasteiger partial charge in [-0.25, -0.2) is 0 Å². The molecule has 0 aliphatic rings. The number of benzene rings is 11. The number of rotatable bonds is 6. The molecule has 2 nitrogen and oxygen atoms in total. The third-order valence-electron chi connectivity index (χ3n) is 12.2. The highest BCUT2D eigenvalue weighted by molar-refractivity contribution is 6.14. The molecule has 0 bridgehead atoms. The molecular formula is C58H37NO. The van der Waals surface area contributed by atoms with Crippen LogP contribution in [0.25, 0.3) is 98.4 Å². The molecule has 1 aromatic heterocycles. The molecule has 0 atom stereocenters. The average molecular weight is 764 g/mol. The number of anilines is 3. The Kier molecular flexibility index (Phi) is 7.89. The van der Waals surface area contributed by atoms with Gasteiger partial charge in [-0.15, -0.1) is 0 Å². The van der Waals surface area contributed by atoms with Crippen LogP contribution < -0.4 is 4.90 Å². The summed E-state index contributed by atoms with van der Waals surface area (Å²) in [5.74, 6) is 0. The zero-order valence-corrected chi connectivity index (χ0v) is 32.7. The highest BCUT2D eigenvalue weighted by atomic mass is 16.3. The van der Waals surface area contributed by atoms with Crippen molar-refractivity contribution in [2.75, 3.05) is 4.90 Å². The maximum atomic E-state index is 6.34. The summed E-state index contributed by atoms with van der Waals surface area (Å²) >= 11 is 0. The fraction of sp³-hybridized carbons (Fsp3) is 0. The summed E-state index contributed by atoms with van der Waals surface area (Å²) in [6, 6.07) is 81.4. The normalized spacial score (nSPS) is 11.7. The fourth-order valence-corrected chi connectivity index (χ4v) is 9.26. The smallest absolute Gasteiger partial charge is 0.136 e. The lowest BCUT2D eigenvalue weighted by Gasteiger charge is -2.26. The molecule has 60 heavy (non-hydrogen) atoms. The van der Waals surface area contributed by atoms with Gasteiger partial charge in [0.2, 0.25) is 0 Å². The van der Waals surface area contributed by atoms with Crippen molar-refractivity contribution in [3.63, 3.8) is 0 Å². The van der Waals surface area contributed by atoms with Crippen LogP contribution in [0.15, 0.2) is 229 Å². The maximum absolute atomic E-state index is 6.34. The van der Waals surface area contributed by atoms with E-state index >= 15 is 0 Å². The van der Waals surface area contributed by atoms with Gasteiger partial charge in [0.05, 0.1) is 0 Å². The first-order valence-electron chi connectivity index (χ1n) is 20.6. The first kappa shape index (κ1) is 34.1. The standard InChI is InChI=1S/C58H37NO/c1-2-13-42-37-58-56(34-41(42)12-1)55-35-43(27-32-57(55)60-58)38-23-28-46(29-24-38)59(48-17-9-16-44(33-48)50-22-10-15-39-11-3-5-18-49(39)50)47-30-25-40(26-31-47)54-36-45-14-4-6-19-51(45)52-20-7-8-21-53(52)54/h1-37H. The van der Waals surface area contributed by atoms with Crippen LogP contribution in [0.1, 0.15) is 0 Å². The Bertz CT molecular complexity index is 3590. The van der Waals surface area contributed by atoms with E-state index in [0.717, 1.165) is 50.1 Å². The number of hydrogen-bond donors (Lipinski definition) is 0. The predicted molar refractivity (Wildman–Crippen MR) is 255 cm³/mol. The van der Waals surface area contributed by atoms with Crippen molar-refractivity contribution in [2.45, 2.75) is 0 Å². The molecule has 0 spiro atoms. The average Bonchev–Trinajstić information content (AvgIpc) is 3.67. The Hall–Kier alpha value is -7.94. The zero-order chi connectivity index (χ0) is 39.6. The second-order valence-electron chi connectivity index (χ2n) is 15.7. The van der Waals surface area contributed by atoms with Crippen LogP contribution in [0.4, 0.5) is 17.1 Å². The Labute approximate surface area is 347 Å². The number of furan rings is 1. The third kappa shape index (κ3) is 5.73. The quantitative estimate of drug-likeness (QED) is 0.157. The second kappa shape index (κ2) is 13.9. The van der Waals surface area contributed by atoms with Crippen LogP contribution >= 0.6 is 0 Å². The highest BCUT2D eigenvalue weighted by Crippen LogP contribution is 2.42. The molecule has 280 valence electrons. The summed E-state index contributed by atoms with van der Waals surface area (Å²) in [4.78, 5) is 2.37. The summed E-state index contributed by atoms with van der Waals surface area (Å²) in [5, 5.41) is 12.2. The molecule has 12 rings (SSSR count). The van der Waals surface area contributed by atoms with Gasteiger partial charge in [0.15, 0.2) is 0 Å². The highest BCUT2D eigenvalue weighted by Gasteiger charge is 2.17. The van der Waals surface area contributed by atoms with Gasteiger partial charge in [0, 0.05) is 27.8 Å². The van der Waals surface area contributed by atoms with E-state index in [1.54, 1.807) is 0 Å². The second-order valence-corrected chi connectivity index (χ2v) is 15.7. The van der Waals surface area contributed by atoms with Gasteiger partial charge in [0.1, 0.15) is 11.2 Å². The predicted octanol–water partition coefficient (Wildman–Crippen LogP) is 16.7. The largest absolute Gasteiger partial charge is 0.456 e. The number of hydrogen-bond acceptors (Lipinski definition) is 2. The van der Waals surface area contributed by atoms with E-state index in [1.165, 1.54) is 65.3 Å². The van der Waals surface area contributed by atoms with Crippen LogP contribution in [0.2, 0.25) is 0 Å². The Morgan fingerprint density at radius 1 is 0.250 bits per heavy atom. The van der Waals surface area contributed by atoms with Crippen molar-refractivity contribution < 1.29 is 4.42 Å². The summed E-state index contributed by atoms with van der Waals surface area (Å²) in [5.41, 5.74) is 12.2. The molecule has 0 saturated carbocycles. The lowest BCUT2D eigenvalue weighted by Crippen LogP contribution is -2.10. The van der Waals surface area contributed by atoms with E-state index in [9.17, 15) is 0 Å². The monoisotopic (exact) mass is 763 g/mol. The van der Waals surface area contributed by atoms with E-state index in [-0.39, 0.29) is 0 Å². The Morgan fingerprint density at radius 3 is 1.62 bits per heavy atom. The number of nitrogens with zero attached hydrogens (tertiary/aromatic N) is 1. The van der Waals surface area contributed by atoms with Crippen LogP contribution in [0.3, 0.4) is 0 Å². The van der Waals surface area contributed by atoms with E-state index in [4.69, 9.17) is 4.42 Å². The van der Waals surface area contributed by atoms with Crippen molar-refractivity contribution in [3.05, 3.63) is 224 Å². The molecule has 0 unspecified atom stereocenters. The van der Waals surface area contributed by atoms with Crippen LogP contribution in [-0.4, -0.2) is 0 Å². The zero-order valence-electron chi connectivity index (χ0n) is 32.7. The molecule has 0 saturated heterocycles. The van der Waals surface area contributed by atoms with E-state index in [0.29, 0.717) is 0 Å². The summed E-state index contributed by atoms with van der Waals surface area (Å²) in [6.07, 6.45) is 0. The van der Waals surface area contributed by atoms with E-state index < -0.39 is 0 Å². The maximum Gasteiger partial charge on any atom is 0.136 e. The van der Waals surface area contributed by atoms with Gasteiger partial charge in [-0.2, -0.15) is 0 Å². The van der Waals surface area contributed by atoms with Crippen molar-refractivity contribution in [3.8, 4) is 33.4 Å². The van der Waals surface area contributed by atoms with Gasteiger partial charge in [-0.3, -0.25) is 0 Å². The Morgan fingerprint density at radius 2 is 0.833 bits per heavy atom. The minimum atomic E-state index is 0.901.